The molecular weight excluding hydrogens is 703 g/mol. The molecule has 11 rings (SSSR count). The highest BCUT2D eigenvalue weighted by Crippen LogP contribution is 2.45. The van der Waals surface area contributed by atoms with Gasteiger partial charge in [0.05, 0.1) is 11.2 Å². The number of para-hydroxylation sites is 2. The summed E-state index contributed by atoms with van der Waals surface area (Å²) < 4.78 is 45.2. The minimum absolute atomic E-state index is 0.116. The zero-order valence-electron chi connectivity index (χ0n) is 35.4. The molecule has 0 aliphatic carbocycles. The van der Waals surface area contributed by atoms with Crippen molar-refractivity contribution in [1.82, 2.24) is 0 Å². The Balaban J connectivity index is 1.11. The number of hydrogen-bond acceptors (Lipinski definition) is 2. The SMILES string of the molecule is [2H]c1c([2H])c(N(c2ccc(-c3cccc4ccccc34)cc2)c2ccccc2-c2cccc3c2oc2c4ccccc4ccc32)c([2H])c([2H])c1-c1ccc(-c2ccccc2)cc1. The van der Waals surface area contributed by atoms with Crippen LogP contribution in [0.3, 0.4) is 0 Å². The van der Waals surface area contributed by atoms with E-state index in [1.807, 2.05) is 132 Å². The van der Waals surface area contributed by atoms with Gasteiger partial charge in [-0.15, -0.1) is 0 Å². The average molecular weight is 744 g/mol. The molecule has 0 saturated heterocycles. The number of fused-ring (bicyclic) bond motifs is 6. The van der Waals surface area contributed by atoms with Crippen molar-refractivity contribution in [2.45, 2.75) is 0 Å². The van der Waals surface area contributed by atoms with Crippen molar-refractivity contribution in [3.8, 4) is 44.5 Å². The second kappa shape index (κ2) is 14.1. The minimum Gasteiger partial charge on any atom is -0.455 e. The van der Waals surface area contributed by atoms with Gasteiger partial charge in [-0.2, -0.15) is 0 Å². The van der Waals surface area contributed by atoms with E-state index in [0.29, 0.717) is 16.9 Å². The van der Waals surface area contributed by atoms with Gasteiger partial charge in [0.1, 0.15) is 11.2 Å². The van der Waals surface area contributed by atoms with E-state index >= 15 is 0 Å². The van der Waals surface area contributed by atoms with Crippen molar-refractivity contribution < 1.29 is 9.90 Å². The van der Waals surface area contributed by atoms with Crippen LogP contribution in [0.15, 0.2) is 229 Å². The first-order chi connectivity index (χ1) is 30.4. The van der Waals surface area contributed by atoms with E-state index in [2.05, 4.69) is 72.8 Å². The van der Waals surface area contributed by atoms with Crippen molar-refractivity contribution in [1.29, 1.82) is 0 Å². The molecule has 0 fully saturated rings. The topological polar surface area (TPSA) is 16.4 Å². The predicted molar refractivity (Wildman–Crippen MR) is 245 cm³/mol. The molecular formula is C56H37NO. The summed E-state index contributed by atoms with van der Waals surface area (Å²) in [5.74, 6) is 0. The Labute approximate surface area is 343 Å². The highest BCUT2D eigenvalue weighted by Gasteiger charge is 2.21. The van der Waals surface area contributed by atoms with Crippen molar-refractivity contribution in [2.24, 2.45) is 0 Å². The van der Waals surface area contributed by atoms with Crippen LogP contribution in [0.4, 0.5) is 17.1 Å². The van der Waals surface area contributed by atoms with Crippen LogP contribution >= 0.6 is 0 Å². The first-order valence-corrected chi connectivity index (χ1v) is 19.5. The smallest absolute Gasteiger partial charge is 0.143 e. The summed E-state index contributed by atoms with van der Waals surface area (Å²) in [7, 11) is 0. The van der Waals surface area contributed by atoms with E-state index in [4.69, 9.17) is 4.42 Å². The standard InChI is InChI=1S/C56H37NO/c1-2-12-38(13-3-1)39-24-26-40(27-25-39)41-28-33-45(34-29-41)57(46-35-30-44(31-36-46)48-20-10-16-42-14-4-6-17-47(42)48)54-23-9-8-19-50(54)51-21-11-22-52-53-37-32-43-15-5-7-18-49(43)55(53)58-56(51)52/h1-37H/i28D,29D,33D,34D. The molecule has 0 amide bonds. The van der Waals surface area contributed by atoms with Gasteiger partial charge in [0.15, 0.2) is 0 Å². The summed E-state index contributed by atoms with van der Waals surface area (Å²) in [5.41, 5.74) is 9.77. The second-order valence-corrected chi connectivity index (χ2v) is 14.5. The van der Waals surface area contributed by atoms with E-state index in [9.17, 15) is 5.48 Å². The lowest BCUT2D eigenvalue weighted by molar-refractivity contribution is 0.674. The lowest BCUT2D eigenvalue weighted by Crippen LogP contribution is -2.11. The Morgan fingerprint density at radius 2 is 0.845 bits per heavy atom. The molecule has 0 spiro atoms. The van der Waals surface area contributed by atoms with Gasteiger partial charge < -0.3 is 9.32 Å². The molecule has 10 aromatic carbocycles. The van der Waals surface area contributed by atoms with E-state index < -0.39 is 0 Å². The van der Waals surface area contributed by atoms with Crippen LogP contribution in [-0.2, 0) is 0 Å². The van der Waals surface area contributed by atoms with Crippen LogP contribution in [0.5, 0.6) is 0 Å². The maximum atomic E-state index is 9.70. The Morgan fingerprint density at radius 3 is 1.64 bits per heavy atom. The normalized spacial score (nSPS) is 12.4. The molecule has 2 heteroatoms. The number of anilines is 3. The minimum atomic E-state index is -0.144. The Bertz CT molecular complexity index is 3470. The van der Waals surface area contributed by atoms with Gasteiger partial charge >= 0.3 is 0 Å². The maximum absolute atomic E-state index is 9.70. The fourth-order valence-electron chi connectivity index (χ4n) is 8.31. The molecule has 0 unspecified atom stereocenters. The third kappa shape index (κ3) is 5.82. The number of hydrogen-bond donors (Lipinski definition) is 0. The monoisotopic (exact) mass is 743 g/mol. The third-order valence-corrected chi connectivity index (χ3v) is 11.2. The van der Waals surface area contributed by atoms with Gasteiger partial charge in [-0.25, -0.2) is 0 Å². The highest BCUT2D eigenvalue weighted by atomic mass is 16.3. The van der Waals surface area contributed by atoms with Gasteiger partial charge in [0, 0.05) is 38.7 Å². The van der Waals surface area contributed by atoms with Crippen molar-refractivity contribution in [3.05, 3.63) is 224 Å². The number of rotatable bonds is 7. The Kier molecular flexibility index (Phi) is 7.20. The molecule has 0 bridgehead atoms. The lowest BCUT2D eigenvalue weighted by Gasteiger charge is -2.28. The molecule has 0 atom stereocenters. The molecule has 11 aromatic rings. The Hall–Kier alpha value is -7.68. The maximum Gasteiger partial charge on any atom is 0.143 e. The third-order valence-electron chi connectivity index (χ3n) is 11.2. The molecule has 0 saturated carbocycles. The molecule has 272 valence electrons. The lowest BCUT2D eigenvalue weighted by atomic mass is 9.97. The largest absolute Gasteiger partial charge is 0.455 e. The summed E-state index contributed by atoms with van der Waals surface area (Å²) in [6.45, 7) is 0. The molecule has 0 aliphatic rings. The molecule has 2 nitrogen and oxygen atoms in total. The van der Waals surface area contributed by atoms with Crippen LogP contribution in [0.1, 0.15) is 5.48 Å². The zero-order chi connectivity index (χ0) is 41.9. The molecule has 58 heavy (non-hydrogen) atoms. The van der Waals surface area contributed by atoms with Crippen molar-refractivity contribution in [2.75, 3.05) is 4.90 Å². The summed E-state index contributed by atoms with van der Waals surface area (Å²) in [4.78, 5) is 1.88. The summed E-state index contributed by atoms with van der Waals surface area (Å²) in [6, 6.07) is 66.5. The summed E-state index contributed by atoms with van der Waals surface area (Å²) in [5, 5.41) is 6.42. The average Bonchev–Trinajstić information content (AvgIpc) is 3.73. The van der Waals surface area contributed by atoms with Gasteiger partial charge in [0.2, 0.25) is 0 Å². The van der Waals surface area contributed by atoms with Crippen LogP contribution in [0, 0.1) is 0 Å². The second-order valence-electron chi connectivity index (χ2n) is 14.5. The number of nitrogens with zero attached hydrogens (tertiary/aromatic N) is 1. The van der Waals surface area contributed by atoms with Crippen LogP contribution < -0.4 is 4.90 Å². The van der Waals surface area contributed by atoms with Gasteiger partial charge in [-0.1, -0.05) is 188 Å². The molecule has 0 aliphatic heterocycles. The predicted octanol–water partition coefficient (Wildman–Crippen LogP) is 16.0. The van der Waals surface area contributed by atoms with Crippen molar-refractivity contribution >= 4 is 60.5 Å². The zero-order valence-corrected chi connectivity index (χ0v) is 31.4. The first-order valence-electron chi connectivity index (χ1n) is 21.5. The van der Waals surface area contributed by atoms with E-state index in [1.54, 1.807) is 0 Å². The van der Waals surface area contributed by atoms with Gasteiger partial charge in [-0.3, -0.25) is 0 Å². The van der Waals surface area contributed by atoms with E-state index in [-0.39, 0.29) is 35.4 Å². The van der Waals surface area contributed by atoms with Gasteiger partial charge in [0.25, 0.3) is 0 Å². The summed E-state index contributed by atoms with van der Waals surface area (Å²) in [6.07, 6.45) is 0. The Morgan fingerprint density at radius 1 is 0.310 bits per heavy atom. The fourth-order valence-corrected chi connectivity index (χ4v) is 8.31. The fraction of sp³-hybridized carbons (Fsp3) is 0. The molecule has 0 radical (unpaired) electrons. The number of furan rings is 1. The van der Waals surface area contributed by atoms with E-state index in [1.165, 1.54) is 0 Å². The van der Waals surface area contributed by atoms with Crippen LogP contribution in [-0.4, -0.2) is 0 Å². The van der Waals surface area contributed by atoms with Crippen molar-refractivity contribution in [3.63, 3.8) is 0 Å². The molecule has 1 heterocycles. The quantitative estimate of drug-likeness (QED) is 0.162. The first kappa shape index (κ1) is 29.6. The molecule has 1 aromatic heterocycles. The van der Waals surface area contributed by atoms with Crippen LogP contribution in [0.25, 0.3) is 88.0 Å². The number of benzene rings is 10. The van der Waals surface area contributed by atoms with E-state index in [0.717, 1.165) is 76.9 Å². The summed E-state index contributed by atoms with van der Waals surface area (Å²) >= 11 is 0. The van der Waals surface area contributed by atoms with Gasteiger partial charge in [-0.05, 0) is 85.9 Å². The molecule has 0 N–H and O–H groups in total. The highest BCUT2D eigenvalue weighted by molar-refractivity contribution is 6.17. The van der Waals surface area contributed by atoms with Crippen LogP contribution in [0.2, 0.25) is 0 Å².